The fraction of sp³-hybridized carbons (Fsp3) is 0.294. The molecule has 0 radical (unpaired) electrons. The maximum Gasteiger partial charge on any atom is 0.243 e. The number of halogens is 1. The minimum absolute atomic E-state index is 0.0997. The molecule has 0 aromatic heterocycles. The highest BCUT2D eigenvalue weighted by Gasteiger charge is 2.33. The van der Waals surface area contributed by atoms with E-state index in [1.807, 2.05) is 31.2 Å². The highest BCUT2D eigenvalue weighted by molar-refractivity contribution is 7.89. The monoisotopic (exact) mass is 335 g/mol. The van der Waals surface area contributed by atoms with Gasteiger partial charge in [0.25, 0.3) is 0 Å². The van der Waals surface area contributed by atoms with E-state index in [0.29, 0.717) is 11.3 Å². The largest absolute Gasteiger partial charge is 0.492 e. The normalized spacial score (nSPS) is 18.8. The van der Waals surface area contributed by atoms with Crippen LogP contribution >= 0.6 is 0 Å². The first-order valence-corrected chi connectivity index (χ1v) is 8.85. The second-order valence-corrected chi connectivity index (χ2v) is 7.48. The maximum absolute atomic E-state index is 13.4. The molecular formula is C17H18FNO3S. The van der Waals surface area contributed by atoms with Gasteiger partial charge >= 0.3 is 0 Å². The van der Waals surface area contributed by atoms with Gasteiger partial charge < -0.3 is 4.74 Å². The van der Waals surface area contributed by atoms with Crippen molar-refractivity contribution in [2.45, 2.75) is 24.8 Å². The van der Waals surface area contributed by atoms with Crippen molar-refractivity contribution in [3.63, 3.8) is 0 Å². The third-order valence-corrected chi connectivity index (χ3v) is 6.07. The van der Waals surface area contributed by atoms with Crippen LogP contribution in [0.2, 0.25) is 0 Å². The van der Waals surface area contributed by atoms with Crippen LogP contribution in [-0.4, -0.2) is 25.9 Å². The highest BCUT2D eigenvalue weighted by Crippen LogP contribution is 2.35. The summed E-state index contributed by atoms with van der Waals surface area (Å²) in [5.74, 6) is 0.287. The van der Waals surface area contributed by atoms with E-state index in [0.717, 1.165) is 5.56 Å². The molecule has 0 saturated carbocycles. The SMILES string of the molecule is Cc1cc(S(=O)(=O)N2CCOc3ccccc3C2C)ccc1F. The zero-order valence-corrected chi connectivity index (χ0v) is 13.8. The van der Waals surface area contributed by atoms with Crippen molar-refractivity contribution in [2.24, 2.45) is 0 Å². The average molecular weight is 335 g/mol. The van der Waals surface area contributed by atoms with Crippen LogP contribution in [0.3, 0.4) is 0 Å². The molecule has 4 nitrogen and oxygen atoms in total. The van der Waals surface area contributed by atoms with Crippen LogP contribution in [0.25, 0.3) is 0 Å². The summed E-state index contributed by atoms with van der Waals surface area (Å²) in [6.07, 6.45) is 0. The molecule has 0 spiro atoms. The number of hydrogen-bond acceptors (Lipinski definition) is 3. The summed E-state index contributed by atoms with van der Waals surface area (Å²) in [6, 6.07) is 10.9. The van der Waals surface area contributed by atoms with Gasteiger partial charge in [0.15, 0.2) is 0 Å². The van der Waals surface area contributed by atoms with Gasteiger partial charge in [0.1, 0.15) is 18.2 Å². The molecule has 1 heterocycles. The summed E-state index contributed by atoms with van der Waals surface area (Å²) in [4.78, 5) is 0.0997. The van der Waals surface area contributed by atoms with E-state index in [-0.39, 0.29) is 24.1 Å². The highest BCUT2D eigenvalue weighted by atomic mass is 32.2. The molecule has 2 aromatic rings. The molecule has 0 aliphatic carbocycles. The first-order chi connectivity index (χ1) is 10.9. The van der Waals surface area contributed by atoms with E-state index >= 15 is 0 Å². The van der Waals surface area contributed by atoms with E-state index in [1.54, 1.807) is 6.92 Å². The molecule has 0 bridgehead atoms. The Morgan fingerprint density at radius 2 is 1.96 bits per heavy atom. The number of fused-ring (bicyclic) bond motifs is 1. The Hall–Kier alpha value is -1.92. The predicted molar refractivity (Wildman–Crippen MR) is 85.4 cm³/mol. The van der Waals surface area contributed by atoms with Crippen LogP contribution < -0.4 is 4.74 Å². The minimum atomic E-state index is -3.73. The number of ether oxygens (including phenoxy) is 1. The van der Waals surface area contributed by atoms with Crippen molar-refractivity contribution in [3.8, 4) is 5.75 Å². The molecule has 1 unspecified atom stereocenters. The first kappa shape index (κ1) is 16.0. The van der Waals surface area contributed by atoms with Crippen molar-refractivity contribution in [2.75, 3.05) is 13.2 Å². The van der Waals surface area contributed by atoms with Gasteiger partial charge in [-0.15, -0.1) is 0 Å². The summed E-state index contributed by atoms with van der Waals surface area (Å²) in [7, 11) is -3.73. The van der Waals surface area contributed by atoms with Crippen LogP contribution in [-0.2, 0) is 10.0 Å². The van der Waals surface area contributed by atoms with Crippen molar-refractivity contribution in [1.82, 2.24) is 4.31 Å². The van der Waals surface area contributed by atoms with Crippen molar-refractivity contribution in [3.05, 3.63) is 59.4 Å². The Morgan fingerprint density at radius 3 is 2.70 bits per heavy atom. The Labute approximate surface area is 135 Å². The molecule has 1 aliphatic rings. The van der Waals surface area contributed by atoms with Crippen LogP contribution in [0.5, 0.6) is 5.75 Å². The Kier molecular flexibility index (Phi) is 4.12. The van der Waals surface area contributed by atoms with Gasteiger partial charge in [-0.1, -0.05) is 18.2 Å². The van der Waals surface area contributed by atoms with E-state index in [2.05, 4.69) is 0 Å². The van der Waals surface area contributed by atoms with Crippen molar-refractivity contribution >= 4 is 10.0 Å². The molecule has 0 saturated heterocycles. The fourth-order valence-electron chi connectivity index (χ4n) is 2.79. The van der Waals surface area contributed by atoms with E-state index in [1.165, 1.54) is 22.5 Å². The Morgan fingerprint density at radius 1 is 1.22 bits per heavy atom. The molecule has 3 rings (SSSR count). The number of para-hydroxylation sites is 1. The molecule has 0 fully saturated rings. The number of sulfonamides is 1. The first-order valence-electron chi connectivity index (χ1n) is 7.41. The zero-order valence-electron chi connectivity index (χ0n) is 13.0. The van der Waals surface area contributed by atoms with Gasteiger partial charge in [-0.25, -0.2) is 12.8 Å². The van der Waals surface area contributed by atoms with Crippen LogP contribution in [0, 0.1) is 12.7 Å². The van der Waals surface area contributed by atoms with Crippen LogP contribution in [0.15, 0.2) is 47.4 Å². The van der Waals surface area contributed by atoms with Crippen molar-refractivity contribution in [1.29, 1.82) is 0 Å². The molecule has 122 valence electrons. The third-order valence-electron chi connectivity index (χ3n) is 4.11. The number of hydrogen-bond donors (Lipinski definition) is 0. The fourth-order valence-corrected chi connectivity index (χ4v) is 4.47. The van der Waals surface area contributed by atoms with Gasteiger partial charge in [-0.3, -0.25) is 0 Å². The smallest absolute Gasteiger partial charge is 0.243 e. The van der Waals surface area contributed by atoms with E-state index in [9.17, 15) is 12.8 Å². The summed E-state index contributed by atoms with van der Waals surface area (Å²) in [6.45, 7) is 3.91. The van der Waals surface area contributed by atoms with E-state index in [4.69, 9.17) is 4.74 Å². The standard InChI is InChI=1S/C17H18FNO3S/c1-12-11-14(7-8-16(12)18)23(20,21)19-9-10-22-17-6-4-3-5-15(17)13(19)2/h3-8,11,13H,9-10H2,1-2H3. The van der Waals surface area contributed by atoms with Gasteiger partial charge in [-0.2, -0.15) is 4.31 Å². The molecular weight excluding hydrogens is 317 g/mol. The number of rotatable bonds is 2. The van der Waals surface area contributed by atoms with Gasteiger partial charge in [0, 0.05) is 12.1 Å². The zero-order chi connectivity index (χ0) is 16.6. The van der Waals surface area contributed by atoms with Gasteiger partial charge in [0.2, 0.25) is 10.0 Å². The lowest BCUT2D eigenvalue weighted by atomic mass is 10.1. The molecule has 0 N–H and O–H groups in total. The Balaban J connectivity index is 2.04. The second-order valence-electron chi connectivity index (χ2n) is 5.59. The summed E-state index contributed by atoms with van der Waals surface area (Å²) < 4.78 is 46.4. The number of benzene rings is 2. The minimum Gasteiger partial charge on any atom is -0.492 e. The quantitative estimate of drug-likeness (QED) is 0.846. The molecule has 0 amide bonds. The van der Waals surface area contributed by atoms with Crippen LogP contribution in [0.4, 0.5) is 4.39 Å². The molecule has 23 heavy (non-hydrogen) atoms. The van der Waals surface area contributed by atoms with Gasteiger partial charge in [-0.05, 0) is 43.7 Å². The molecule has 1 atom stereocenters. The lowest BCUT2D eigenvalue weighted by molar-refractivity contribution is 0.278. The lowest BCUT2D eigenvalue weighted by Gasteiger charge is -2.26. The Bertz CT molecular complexity index is 835. The summed E-state index contributed by atoms with van der Waals surface area (Å²) in [5, 5.41) is 0. The lowest BCUT2D eigenvalue weighted by Crippen LogP contribution is -2.35. The summed E-state index contributed by atoms with van der Waals surface area (Å²) in [5.41, 5.74) is 1.14. The maximum atomic E-state index is 13.4. The van der Waals surface area contributed by atoms with Gasteiger partial charge in [0.05, 0.1) is 10.9 Å². The summed E-state index contributed by atoms with van der Waals surface area (Å²) >= 11 is 0. The number of aryl methyl sites for hydroxylation is 1. The van der Waals surface area contributed by atoms with Crippen LogP contribution in [0.1, 0.15) is 24.1 Å². The topological polar surface area (TPSA) is 46.6 Å². The van der Waals surface area contributed by atoms with E-state index < -0.39 is 15.8 Å². The second kappa shape index (κ2) is 5.94. The molecule has 1 aliphatic heterocycles. The predicted octanol–water partition coefficient (Wildman–Crippen LogP) is 3.28. The van der Waals surface area contributed by atoms with Crippen molar-refractivity contribution < 1.29 is 17.5 Å². The average Bonchev–Trinajstić information content (AvgIpc) is 2.70. The number of nitrogens with zero attached hydrogens (tertiary/aromatic N) is 1. The molecule has 6 heteroatoms. The molecule has 2 aromatic carbocycles. The third kappa shape index (κ3) is 2.84.